The van der Waals surface area contributed by atoms with E-state index in [1.54, 1.807) is 0 Å². The van der Waals surface area contributed by atoms with Gasteiger partial charge in [0.2, 0.25) is 0 Å². The van der Waals surface area contributed by atoms with Crippen LogP contribution in [0.2, 0.25) is 0 Å². The highest BCUT2D eigenvalue weighted by atomic mass is 16.5. The molecule has 0 spiro atoms. The van der Waals surface area contributed by atoms with E-state index >= 15 is 0 Å². The second-order valence-electron chi connectivity index (χ2n) is 8.68. The van der Waals surface area contributed by atoms with Gasteiger partial charge in [-0.1, -0.05) is 32.9 Å². The molecule has 2 atom stereocenters. The lowest BCUT2D eigenvalue weighted by Crippen LogP contribution is -2.39. The fourth-order valence-corrected chi connectivity index (χ4v) is 4.34. The number of ketones is 1. The topological polar surface area (TPSA) is 65.0 Å². The number of hydrogen-bond acceptors (Lipinski definition) is 5. The van der Waals surface area contributed by atoms with Gasteiger partial charge in [0.15, 0.2) is 5.78 Å². The van der Waals surface area contributed by atoms with E-state index in [9.17, 15) is 9.59 Å². The Balaban J connectivity index is 2.08. The fraction of sp³-hybridized carbons (Fsp3) is 0.542. The number of ether oxygens (including phenoxy) is 2. The second kappa shape index (κ2) is 8.52. The Labute approximate surface area is 173 Å². The molecule has 0 saturated carbocycles. The van der Waals surface area contributed by atoms with Crippen molar-refractivity contribution in [1.29, 1.82) is 0 Å². The number of esters is 1. The van der Waals surface area contributed by atoms with Crippen LogP contribution in [-0.4, -0.2) is 30.7 Å². The van der Waals surface area contributed by atoms with Crippen LogP contribution in [0.4, 0.5) is 0 Å². The monoisotopic (exact) mass is 397 g/mol. The van der Waals surface area contributed by atoms with Crippen molar-refractivity contribution in [3.63, 3.8) is 0 Å². The number of allylic oxidation sites excluding steroid dienone is 2. The molecule has 0 aromatic heterocycles. The molecule has 1 aliphatic heterocycles. The maximum atomic E-state index is 13.2. The molecule has 0 fully saturated rings. The minimum absolute atomic E-state index is 0.0830. The van der Waals surface area contributed by atoms with Crippen molar-refractivity contribution in [3.05, 3.63) is 41.1 Å². The van der Waals surface area contributed by atoms with Crippen LogP contribution in [0.1, 0.15) is 65.4 Å². The van der Waals surface area contributed by atoms with E-state index in [1.165, 1.54) is 0 Å². The summed E-state index contributed by atoms with van der Waals surface area (Å²) in [5.41, 5.74) is 3.01. The lowest BCUT2D eigenvalue weighted by Gasteiger charge is -2.39. The Hall–Kier alpha value is -2.43. The quantitative estimate of drug-likeness (QED) is 0.643. The van der Waals surface area contributed by atoms with Crippen LogP contribution in [0, 0.1) is 11.3 Å². The molecule has 3 rings (SSSR count). The number of rotatable bonds is 6. The average molecular weight is 398 g/mol. The first-order valence-corrected chi connectivity index (χ1v) is 10.5. The summed E-state index contributed by atoms with van der Waals surface area (Å²) in [5.74, 6) is -0.404. The van der Waals surface area contributed by atoms with Crippen LogP contribution in [0.15, 0.2) is 40.5 Å². The van der Waals surface area contributed by atoms with Gasteiger partial charge in [0.05, 0.1) is 13.2 Å². The van der Waals surface area contributed by atoms with Gasteiger partial charge >= 0.3 is 5.97 Å². The molecule has 0 saturated heterocycles. The SMILES string of the molecule is CCCOC(=O)C1C(C)=NC2=C(C(=O)CC(C)(C)C2)[C@@H]1c1ccc(OCC)cc1. The molecule has 0 radical (unpaired) electrons. The smallest absolute Gasteiger partial charge is 0.315 e. The lowest BCUT2D eigenvalue weighted by molar-refractivity contribution is -0.146. The van der Waals surface area contributed by atoms with E-state index in [-0.39, 0.29) is 23.1 Å². The molecule has 5 nitrogen and oxygen atoms in total. The minimum Gasteiger partial charge on any atom is -0.494 e. The van der Waals surface area contributed by atoms with Gasteiger partial charge < -0.3 is 9.47 Å². The molecular formula is C24H31NO4. The summed E-state index contributed by atoms with van der Waals surface area (Å²) in [6.07, 6.45) is 1.95. The van der Waals surface area contributed by atoms with Crippen molar-refractivity contribution < 1.29 is 19.1 Å². The zero-order chi connectivity index (χ0) is 21.2. The van der Waals surface area contributed by atoms with Crippen LogP contribution >= 0.6 is 0 Å². The molecule has 1 unspecified atom stereocenters. The van der Waals surface area contributed by atoms with Gasteiger partial charge in [0, 0.05) is 29.3 Å². The molecule has 0 amide bonds. The summed E-state index contributed by atoms with van der Waals surface area (Å²) >= 11 is 0. The number of aliphatic imine (C=N–C) groups is 1. The number of Topliss-reactive ketones (excluding diaryl/α,β-unsaturated/α-hetero) is 1. The summed E-state index contributed by atoms with van der Waals surface area (Å²) in [4.78, 5) is 30.9. The van der Waals surface area contributed by atoms with Crippen molar-refractivity contribution in [1.82, 2.24) is 0 Å². The standard InChI is InChI=1S/C24H31NO4/c1-6-12-29-23(27)20-15(3)25-18-13-24(4,5)14-19(26)22(18)21(20)16-8-10-17(11-9-16)28-7-2/h8-11,20-21H,6-7,12-14H2,1-5H3/t20?,21-/m1/s1. The minimum atomic E-state index is -0.580. The number of benzene rings is 1. The van der Waals surface area contributed by atoms with Crippen molar-refractivity contribution in [2.45, 2.75) is 59.8 Å². The van der Waals surface area contributed by atoms with E-state index < -0.39 is 5.92 Å². The third-order valence-electron chi connectivity index (χ3n) is 5.55. The Bertz CT molecular complexity index is 848. The first-order valence-electron chi connectivity index (χ1n) is 10.5. The first-order chi connectivity index (χ1) is 13.8. The van der Waals surface area contributed by atoms with Gasteiger partial charge in [-0.25, -0.2) is 0 Å². The summed E-state index contributed by atoms with van der Waals surface area (Å²) in [7, 11) is 0. The third-order valence-corrected chi connectivity index (χ3v) is 5.55. The maximum Gasteiger partial charge on any atom is 0.315 e. The molecule has 1 aliphatic carbocycles. The molecule has 2 aliphatic rings. The number of hydrogen-bond donors (Lipinski definition) is 0. The molecule has 1 heterocycles. The van der Waals surface area contributed by atoms with Crippen molar-refractivity contribution in [3.8, 4) is 5.75 Å². The number of carbonyl (C=O) groups is 2. The summed E-state index contributed by atoms with van der Waals surface area (Å²) < 4.78 is 11.1. The van der Waals surface area contributed by atoms with Crippen LogP contribution in [0.25, 0.3) is 0 Å². The second-order valence-corrected chi connectivity index (χ2v) is 8.68. The number of carbonyl (C=O) groups excluding carboxylic acids is 2. The maximum absolute atomic E-state index is 13.2. The first kappa shape index (κ1) is 21.3. The van der Waals surface area contributed by atoms with Gasteiger partial charge in [0.1, 0.15) is 11.7 Å². The Kier molecular flexibility index (Phi) is 6.25. The van der Waals surface area contributed by atoms with Crippen molar-refractivity contribution in [2.24, 2.45) is 16.3 Å². The van der Waals surface area contributed by atoms with Crippen LogP contribution in [0.5, 0.6) is 5.75 Å². The zero-order valence-corrected chi connectivity index (χ0v) is 18.1. The van der Waals surface area contributed by atoms with E-state index in [1.807, 2.05) is 45.0 Å². The van der Waals surface area contributed by atoms with Gasteiger partial charge in [-0.2, -0.15) is 0 Å². The van der Waals surface area contributed by atoms with Crippen LogP contribution in [0.3, 0.4) is 0 Å². The Morgan fingerprint density at radius 1 is 1.17 bits per heavy atom. The van der Waals surface area contributed by atoms with Crippen LogP contribution in [-0.2, 0) is 14.3 Å². The van der Waals surface area contributed by atoms with Gasteiger partial charge in [-0.15, -0.1) is 0 Å². The fourth-order valence-electron chi connectivity index (χ4n) is 4.34. The Morgan fingerprint density at radius 2 is 1.86 bits per heavy atom. The molecule has 0 bridgehead atoms. The molecule has 5 heteroatoms. The molecule has 1 aromatic rings. The predicted molar refractivity (Wildman–Crippen MR) is 113 cm³/mol. The number of nitrogens with zero attached hydrogens (tertiary/aromatic N) is 1. The Morgan fingerprint density at radius 3 is 2.48 bits per heavy atom. The highest BCUT2D eigenvalue weighted by Crippen LogP contribution is 2.48. The zero-order valence-electron chi connectivity index (χ0n) is 18.1. The molecule has 0 N–H and O–H groups in total. The third kappa shape index (κ3) is 4.44. The van der Waals surface area contributed by atoms with E-state index in [2.05, 4.69) is 13.8 Å². The summed E-state index contributed by atoms with van der Waals surface area (Å²) in [6, 6.07) is 7.69. The van der Waals surface area contributed by atoms with Crippen molar-refractivity contribution in [2.75, 3.05) is 13.2 Å². The van der Waals surface area contributed by atoms with E-state index in [0.29, 0.717) is 30.9 Å². The van der Waals surface area contributed by atoms with Gasteiger partial charge in [-0.3, -0.25) is 14.6 Å². The van der Waals surface area contributed by atoms with E-state index in [4.69, 9.17) is 14.5 Å². The summed E-state index contributed by atoms with van der Waals surface area (Å²) in [6.45, 7) is 10.9. The predicted octanol–water partition coefficient (Wildman–Crippen LogP) is 4.86. The van der Waals surface area contributed by atoms with Gasteiger partial charge in [0.25, 0.3) is 0 Å². The van der Waals surface area contributed by atoms with Crippen molar-refractivity contribution >= 4 is 17.5 Å². The molecule has 29 heavy (non-hydrogen) atoms. The largest absolute Gasteiger partial charge is 0.494 e. The average Bonchev–Trinajstić information content (AvgIpc) is 2.65. The molecular weight excluding hydrogens is 366 g/mol. The van der Waals surface area contributed by atoms with Gasteiger partial charge in [-0.05, 0) is 49.8 Å². The highest BCUT2D eigenvalue weighted by molar-refractivity contribution is 6.09. The van der Waals surface area contributed by atoms with E-state index in [0.717, 1.165) is 29.9 Å². The summed E-state index contributed by atoms with van der Waals surface area (Å²) in [5, 5.41) is 0. The highest BCUT2D eigenvalue weighted by Gasteiger charge is 2.45. The molecule has 1 aromatic carbocycles. The van der Waals surface area contributed by atoms with Crippen LogP contribution < -0.4 is 4.74 Å². The normalized spacial score (nSPS) is 23.3. The molecule has 156 valence electrons. The lowest BCUT2D eigenvalue weighted by atomic mass is 9.67.